The Morgan fingerprint density at radius 2 is 2.08 bits per heavy atom. The van der Waals surface area contributed by atoms with E-state index in [2.05, 4.69) is 5.10 Å². The van der Waals surface area contributed by atoms with Gasteiger partial charge in [-0.1, -0.05) is 12.1 Å². The lowest BCUT2D eigenvalue weighted by Gasteiger charge is -2.24. The van der Waals surface area contributed by atoms with Crippen LogP contribution in [0.1, 0.15) is 12.0 Å². The lowest BCUT2D eigenvalue weighted by atomic mass is 10.1. The van der Waals surface area contributed by atoms with E-state index in [1.807, 2.05) is 41.4 Å². The minimum atomic E-state index is 0.0933. The Hall–Kier alpha value is -2.18. The molecule has 2 heterocycles. The highest BCUT2D eigenvalue weighted by Gasteiger charge is 2.34. The molecule has 24 heavy (non-hydrogen) atoms. The fraction of sp³-hybridized carbons (Fsp3) is 0.444. The molecule has 0 radical (unpaired) electrons. The van der Waals surface area contributed by atoms with Crippen LogP contribution in [0.4, 0.5) is 0 Å². The highest BCUT2D eigenvalue weighted by atomic mass is 16.5. The van der Waals surface area contributed by atoms with Gasteiger partial charge in [0, 0.05) is 33.2 Å². The molecule has 6 heteroatoms. The van der Waals surface area contributed by atoms with Gasteiger partial charge in [-0.3, -0.25) is 4.79 Å². The van der Waals surface area contributed by atoms with Gasteiger partial charge in [-0.2, -0.15) is 5.10 Å². The zero-order chi connectivity index (χ0) is 16.9. The zero-order valence-corrected chi connectivity index (χ0v) is 14.1. The molecule has 1 saturated heterocycles. The number of nitrogens with zero attached hydrogens (tertiary/aromatic N) is 3. The van der Waals surface area contributed by atoms with Crippen LogP contribution in [0.25, 0.3) is 5.69 Å². The first kappa shape index (κ1) is 16.7. The predicted molar refractivity (Wildman–Crippen MR) is 90.1 cm³/mol. The molecule has 6 nitrogen and oxygen atoms in total. The second-order valence-electron chi connectivity index (χ2n) is 6.04. The standard InChI is InChI=1S/C18H23N3O3/c1-23-13-16-11-17(24-2)12-20(16)18(22)10-14-4-6-15(7-5-14)21-9-3-8-19-21/h3-9,16-17H,10-13H2,1-2H3/t16-,17-/m0/s1. The van der Waals surface area contributed by atoms with Crippen molar-refractivity contribution < 1.29 is 14.3 Å². The Kier molecular flexibility index (Phi) is 5.27. The summed E-state index contributed by atoms with van der Waals surface area (Å²) in [6, 6.07) is 9.88. The minimum absolute atomic E-state index is 0.0933. The highest BCUT2D eigenvalue weighted by molar-refractivity contribution is 5.79. The van der Waals surface area contributed by atoms with E-state index in [1.54, 1.807) is 25.1 Å². The van der Waals surface area contributed by atoms with Gasteiger partial charge in [0.2, 0.25) is 5.91 Å². The molecule has 0 spiro atoms. The van der Waals surface area contributed by atoms with Crippen LogP contribution in [0.2, 0.25) is 0 Å². The number of methoxy groups -OCH3 is 2. The number of likely N-dealkylation sites (tertiary alicyclic amines) is 1. The van der Waals surface area contributed by atoms with Gasteiger partial charge < -0.3 is 14.4 Å². The van der Waals surface area contributed by atoms with Gasteiger partial charge in [-0.15, -0.1) is 0 Å². The van der Waals surface area contributed by atoms with Crippen LogP contribution in [-0.2, 0) is 20.7 Å². The highest BCUT2D eigenvalue weighted by Crippen LogP contribution is 2.21. The normalized spacial score (nSPS) is 20.5. The number of hydrogen-bond acceptors (Lipinski definition) is 4. The van der Waals surface area contributed by atoms with Crippen LogP contribution in [0.3, 0.4) is 0 Å². The van der Waals surface area contributed by atoms with Crippen LogP contribution >= 0.6 is 0 Å². The molecule has 1 amide bonds. The van der Waals surface area contributed by atoms with E-state index in [1.165, 1.54) is 0 Å². The van der Waals surface area contributed by atoms with Crippen molar-refractivity contribution in [3.63, 3.8) is 0 Å². The van der Waals surface area contributed by atoms with Gasteiger partial charge in [0.1, 0.15) is 0 Å². The summed E-state index contributed by atoms with van der Waals surface area (Å²) in [4.78, 5) is 14.6. The Labute approximate surface area is 142 Å². The average molecular weight is 329 g/mol. The van der Waals surface area contributed by atoms with Crippen molar-refractivity contribution in [2.75, 3.05) is 27.4 Å². The first-order chi connectivity index (χ1) is 11.7. The molecule has 0 bridgehead atoms. The van der Waals surface area contributed by atoms with Crippen molar-refractivity contribution in [3.05, 3.63) is 48.3 Å². The molecule has 0 aliphatic carbocycles. The molecule has 0 saturated carbocycles. The minimum Gasteiger partial charge on any atom is -0.383 e. The third-order valence-electron chi connectivity index (χ3n) is 4.45. The van der Waals surface area contributed by atoms with E-state index in [9.17, 15) is 4.79 Å². The van der Waals surface area contributed by atoms with Gasteiger partial charge >= 0.3 is 0 Å². The third-order valence-corrected chi connectivity index (χ3v) is 4.45. The average Bonchev–Trinajstić information content (AvgIpc) is 3.25. The number of hydrogen-bond donors (Lipinski definition) is 0. The molecule has 128 valence electrons. The summed E-state index contributed by atoms with van der Waals surface area (Å²) >= 11 is 0. The number of rotatable bonds is 6. The summed E-state index contributed by atoms with van der Waals surface area (Å²) in [6.45, 7) is 1.18. The van der Waals surface area contributed by atoms with Crippen LogP contribution in [0.15, 0.2) is 42.7 Å². The van der Waals surface area contributed by atoms with Gasteiger partial charge in [0.15, 0.2) is 0 Å². The fourth-order valence-electron chi connectivity index (χ4n) is 3.16. The van der Waals surface area contributed by atoms with Gasteiger partial charge in [0.25, 0.3) is 0 Å². The van der Waals surface area contributed by atoms with Crippen LogP contribution < -0.4 is 0 Å². The zero-order valence-electron chi connectivity index (χ0n) is 14.1. The molecule has 1 fully saturated rings. The van der Waals surface area contributed by atoms with Crippen LogP contribution in [0.5, 0.6) is 0 Å². The predicted octanol–water partition coefficient (Wildman–Crippen LogP) is 1.68. The van der Waals surface area contributed by atoms with E-state index in [-0.39, 0.29) is 18.1 Å². The molecular formula is C18H23N3O3. The Morgan fingerprint density at radius 1 is 1.29 bits per heavy atom. The second-order valence-corrected chi connectivity index (χ2v) is 6.04. The quantitative estimate of drug-likeness (QED) is 0.809. The molecule has 3 rings (SSSR count). The van der Waals surface area contributed by atoms with Crippen molar-refractivity contribution in [3.8, 4) is 5.69 Å². The Balaban J connectivity index is 1.65. The third kappa shape index (κ3) is 3.66. The molecule has 2 atom stereocenters. The monoisotopic (exact) mass is 329 g/mol. The molecule has 1 aliphatic heterocycles. The largest absolute Gasteiger partial charge is 0.383 e. The molecule has 2 aromatic rings. The van der Waals surface area contributed by atoms with Crippen LogP contribution in [0, 0.1) is 0 Å². The maximum absolute atomic E-state index is 12.7. The fourth-order valence-corrected chi connectivity index (χ4v) is 3.16. The lowest BCUT2D eigenvalue weighted by Crippen LogP contribution is -2.39. The van der Waals surface area contributed by atoms with Crippen molar-refractivity contribution >= 4 is 5.91 Å². The number of amides is 1. The number of carbonyl (C=O) groups excluding carboxylic acids is 1. The smallest absolute Gasteiger partial charge is 0.227 e. The summed E-state index contributed by atoms with van der Waals surface area (Å²) in [5.74, 6) is 0.114. The van der Waals surface area contributed by atoms with Gasteiger partial charge in [0.05, 0.1) is 30.9 Å². The molecule has 1 aromatic heterocycles. The SMILES string of the molecule is COC[C@@H]1C[C@H](OC)CN1C(=O)Cc1ccc(-n2cccn2)cc1. The molecule has 1 aromatic carbocycles. The number of aromatic nitrogens is 2. The molecular weight excluding hydrogens is 306 g/mol. The Bertz CT molecular complexity index is 655. The topological polar surface area (TPSA) is 56.6 Å². The molecule has 0 unspecified atom stereocenters. The first-order valence-electron chi connectivity index (χ1n) is 8.11. The van der Waals surface area contributed by atoms with Crippen molar-refractivity contribution in [1.82, 2.24) is 14.7 Å². The number of ether oxygens (including phenoxy) is 2. The second kappa shape index (κ2) is 7.59. The number of carbonyl (C=O) groups is 1. The van der Waals surface area contributed by atoms with E-state index in [0.717, 1.165) is 17.7 Å². The maximum Gasteiger partial charge on any atom is 0.227 e. The maximum atomic E-state index is 12.7. The summed E-state index contributed by atoms with van der Waals surface area (Å²) < 4.78 is 12.5. The van der Waals surface area contributed by atoms with Crippen molar-refractivity contribution in [2.24, 2.45) is 0 Å². The van der Waals surface area contributed by atoms with Crippen LogP contribution in [-0.4, -0.2) is 60.1 Å². The van der Waals surface area contributed by atoms with Gasteiger partial charge in [-0.25, -0.2) is 4.68 Å². The van der Waals surface area contributed by atoms with Crippen molar-refractivity contribution in [2.45, 2.75) is 25.0 Å². The number of benzene rings is 1. The lowest BCUT2D eigenvalue weighted by molar-refractivity contribution is -0.132. The molecule has 1 aliphatic rings. The van der Waals surface area contributed by atoms with E-state index < -0.39 is 0 Å². The first-order valence-corrected chi connectivity index (χ1v) is 8.11. The van der Waals surface area contributed by atoms with Gasteiger partial charge in [-0.05, 0) is 30.2 Å². The summed E-state index contributed by atoms with van der Waals surface area (Å²) in [5.41, 5.74) is 1.97. The Morgan fingerprint density at radius 3 is 2.71 bits per heavy atom. The summed E-state index contributed by atoms with van der Waals surface area (Å²) in [6.07, 6.45) is 4.94. The summed E-state index contributed by atoms with van der Waals surface area (Å²) in [5, 5.41) is 4.20. The molecule has 0 N–H and O–H groups in total. The summed E-state index contributed by atoms with van der Waals surface area (Å²) in [7, 11) is 3.35. The van der Waals surface area contributed by atoms with E-state index in [0.29, 0.717) is 19.6 Å². The van der Waals surface area contributed by atoms with E-state index >= 15 is 0 Å². The van der Waals surface area contributed by atoms with Crippen molar-refractivity contribution in [1.29, 1.82) is 0 Å². The van der Waals surface area contributed by atoms with E-state index in [4.69, 9.17) is 9.47 Å².